The van der Waals surface area contributed by atoms with Crippen LogP contribution in [0.4, 0.5) is 0 Å². The van der Waals surface area contributed by atoms with E-state index in [-0.39, 0.29) is 24.5 Å². The molecule has 0 radical (unpaired) electrons. The quantitative estimate of drug-likeness (QED) is 0.815. The van der Waals surface area contributed by atoms with Crippen LogP contribution in [0, 0.1) is 0 Å². The molecule has 0 aliphatic heterocycles. The van der Waals surface area contributed by atoms with Crippen molar-refractivity contribution < 1.29 is 14.7 Å². The van der Waals surface area contributed by atoms with Crippen LogP contribution in [0.3, 0.4) is 0 Å². The number of hydrogen-bond donors (Lipinski definition) is 2. The molecule has 2 atom stereocenters. The Morgan fingerprint density at radius 3 is 2.74 bits per heavy atom. The van der Waals surface area contributed by atoms with Crippen molar-refractivity contribution in [1.82, 2.24) is 5.32 Å². The first-order chi connectivity index (χ1) is 11.0. The van der Waals surface area contributed by atoms with Gasteiger partial charge >= 0.3 is 0 Å². The largest absolute Gasteiger partial charge is 0.390 e. The molecule has 0 fully saturated rings. The summed E-state index contributed by atoms with van der Waals surface area (Å²) in [5, 5.41) is 13.0. The van der Waals surface area contributed by atoms with E-state index < -0.39 is 12.1 Å². The summed E-state index contributed by atoms with van der Waals surface area (Å²) in [6.07, 6.45) is 0.142. The molecule has 120 valence electrons. The number of amides is 1. The van der Waals surface area contributed by atoms with Gasteiger partial charge in [0.15, 0.2) is 5.78 Å². The molecule has 1 aliphatic carbocycles. The van der Waals surface area contributed by atoms with Crippen molar-refractivity contribution in [1.29, 1.82) is 0 Å². The van der Waals surface area contributed by atoms with Gasteiger partial charge in [0.25, 0.3) is 0 Å². The molecule has 2 N–H and O–H groups in total. The molecule has 1 aliphatic rings. The van der Waals surface area contributed by atoms with Crippen molar-refractivity contribution in [3.63, 3.8) is 0 Å². The summed E-state index contributed by atoms with van der Waals surface area (Å²) in [4.78, 5) is 24.6. The van der Waals surface area contributed by atoms with Gasteiger partial charge in [-0.2, -0.15) is 0 Å². The molecule has 0 saturated carbocycles. The number of hydrogen-bond acceptors (Lipinski definition) is 4. The number of thiophene rings is 1. The van der Waals surface area contributed by atoms with Crippen LogP contribution >= 0.6 is 22.9 Å². The minimum absolute atomic E-state index is 0.0931. The summed E-state index contributed by atoms with van der Waals surface area (Å²) in [7, 11) is 0. The second-order valence-electron chi connectivity index (χ2n) is 5.54. The van der Waals surface area contributed by atoms with Crippen LogP contribution in [0.2, 0.25) is 4.34 Å². The van der Waals surface area contributed by atoms with Crippen molar-refractivity contribution in [2.24, 2.45) is 0 Å². The zero-order valence-electron chi connectivity index (χ0n) is 12.3. The van der Waals surface area contributed by atoms with E-state index in [1.807, 2.05) is 24.3 Å². The van der Waals surface area contributed by atoms with Gasteiger partial charge in [0.1, 0.15) is 0 Å². The van der Waals surface area contributed by atoms with Gasteiger partial charge in [-0.15, -0.1) is 11.3 Å². The molecule has 0 bridgehead atoms. The third kappa shape index (κ3) is 3.63. The predicted molar refractivity (Wildman–Crippen MR) is 89.9 cm³/mol. The van der Waals surface area contributed by atoms with Gasteiger partial charge in [-0.05, 0) is 23.3 Å². The normalized spacial score (nSPS) is 19.4. The van der Waals surface area contributed by atoms with E-state index in [1.165, 1.54) is 11.3 Å². The van der Waals surface area contributed by atoms with E-state index in [4.69, 9.17) is 11.6 Å². The lowest BCUT2D eigenvalue weighted by Gasteiger charge is -2.17. The number of fused-ring (bicyclic) bond motifs is 1. The zero-order chi connectivity index (χ0) is 16.4. The van der Waals surface area contributed by atoms with Crippen LogP contribution in [-0.4, -0.2) is 22.9 Å². The Morgan fingerprint density at radius 2 is 2.00 bits per heavy atom. The Morgan fingerprint density at radius 1 is 1.22 bits per heavy atom. The van der Waals surface area contributed by atoms with Crippen molar-refractivity contribution >= 4 is 34.6 Å². The van der Waals surface area contributed by atoms with Gasteiger partial charge < -0.3 is 10.4 Å². The first-order valence-electron chi connectivity index (χ1n) is 7.38. The number of benzene rings is 1. The maximum atomic E-state index is 12.1. The zero-order valence-corrected chi connectivity index (χ0v) is 13.9. The minimum atomic E-state index is -0.622. The number of nitrogens with one attached hydrogen (secondary N) is 1. The van der Waals surface area contributed by atoms with E-state index in [0.717, 1.165) is 11.1 Å². The molecule has 0 spiro atoms. The SMILES string of the molecule is O=C(CCC(=O)c1ccc(Cl)s1)N[C@@H]1c2ccccc2C[C@@H]1O. The summed E-state index contributed by atoms with van der Waals surface area (Å²) >= 11 is 7.02. The molecule has 6 heteroatoms. The summed E-state index contributed by atoms with van der Waals surface area (Å²) in [6, 6.07) is 10.6. The number of carbonyl (C=O) groups is 2. The fourth-order valence-electron chi connectivity index (χ4n) is 2.81. The van der Waals surface area contributed by atoms with E-state index in [0.29, 0.717) is 15.6 Å². The third-order valence-corrected chi connectivity index (χ3v) is 5.22. The third-order valence-electron chi connectivity index (χ3n) is 3.95. The number of carbonyl (C=O) groups excluding carboxylic acids is 2. The van der Waals surface area contributed by atoms with Gasteiger partial charge in [-0.25, -0.2) is 0 Å². The van der Waals surface area contributed by atoms with Crippen LogP contribution in [-0.2, 0) is 11.2 Å². The number of aliphatic hydroxyl groups is 1. The second-order valence-corrected chi connectivity index (χ2v) is 7.26. The highest BCUT2D eigenvalue weighted by Gasteiger charge is 2.31. The Balaban J connectivity index is 1.57. The Kier molecular flexibility index (Phi) is 4.80. The van der Waals surface area contributed by atoms with E-state index >= 15 is 0 Å². The van der Waals surface area contributed by atoms with Crippen LogP contribution < -0.4 is 5.32 Å². The smallest absolute Gasteiger partial charge is 0.221 e. The maximum absolute atomic E-state index is 12.1. The second kappa shape index (κ2) is 6.83. The molecule has 1 heterocycles. The molecule has 4 nitrogen and oxygen atoms in total. The van der Waals surface area contributed by atoms with Crippen LogP contribution in [0.15, 0.2) is 36.4 Å². The number of ketones is 1. The van der Waals surface area contributed by atoms with E-state index in [9.17, 15) is 14.7 Å². The fraction of sp³-hybridized carbons (Fsp3) is 0.294. The van der Waals surface area contributed by atoms with Gasteiger partial charge in [-0.3, -0.25) is 9.59 Å². The monoisotopic (exact) mass is 349 g/mol. The first-order valence-corrected chi connectivity index (χ1v) is 8.58. The highest BCUT2D eigenvalue weighted by atomic mass is 35.5. The molecular formula is C17H16ClNO3S. The Labute approximate surface area is 143 Å². The van der Waals surface area contributed by atoms with Crippen molar-refractivity contribution in [3.8, 4) is 0 Å². The van der Waals surface area contributed by atoms with Crippen molar-refractivity contribution in [2.75, 3.05) is 0 Å². The summed E-state index contributed by atoms with van der Waals surface area (Å²) in [5.41, 5.74) is 2.00. The fourth-order valence-corrected chi connectivity index (χ4v) is 3.82. The first kappa shape index (κ1) is 16.2. The Bertz CT molecular complexity index is 743. The summed E-state index contributed by atoms with van der Waals surface area (Å²) in [5.74, 6) is -0.328. The van der Waals surface area contributed by atoms with Crippen molar-refractivity contribution in [3.05, 3.63) is 56.7 Å². The molecule has 1 aromatic heterocycles. The predicted octanol–water partition coefficient (Wildman–Crippen LogP) is 3.14. The highest BCUT2D eigenvalue weighted by Crippen LogP contribution is 2.31. The van der Waals surface area contributed by atoms with Gasteiger partial charge in [0.05, 0.1) is 21.4 Å². The van der Waals surface area contributed by atoms with E-state index in [2.05, 4.69) is 5.32 Å². The van der Waals surface area contributed by atoms with Crippen molar-refractivity contribution in [2.45, 2.75) is 31.4 Å². The lowest BCUT2D eigenvalue weighted by Crippen LogP contribution is -2.33. The molecule has 1 amide bonds. The molecular weight excluding hydrogens is 334 g/mol. The average Bonchev–Trinajstić information content (AvgIpc) is 3.09. The number of rotatable bonds is 5. The molecule has 23 heavy (non-hydrogen) atoms. The standard InChI is InChI=1S/C17H16ClNO3S/c18-15-7-6-14(23-15)12(20)5-8-16(22)19-17-11-4-2-1-3-10(11)9-13(17)21/h1-4,6-7,13,17,21H,5,8-9H2,(H,19,22)/t13-,17+/m0/s1. The molecule has 0 saturated heterocycles. The molecule has 0 unspecified atom stereocenters. The lowest BCUT2D eigenvalue weighted by atomic mass is 10.1. The van der Waals surface area contributed by atoms with Gasteiger partial charge in [-0.1, -0.05) is 35.9 Å². The topological polar surface area (TPSA) is 66.4 Å². The van der Waals surface area contributed by atoms with Crippen LogP contribution in [0.25, 0.3) is 0 Å². The van der Waals surface area contributed by atoms with Gasteiger partial charge in [0, 0.05) is 19.3 Å². The minimum Gasteiger partial charge on any atom is -0.390 e. The molecule has 2 aromatic rings. The van der Waals surface area contributed by atoms with Crippen LogP contribution in [0.5, 0.6) is 0 Å². The maximum Gasteiger partial charge on any atom is 0.221 e. The Hall–Kier alpha value is -1.69. The number of halogens is 1. The van der Waals surface area contributed by atoms with Gasteiger partial charge in [0.2, 0.25) is 5.91 Å². The number of aliphatic hydroxyl groups excluding tert-OH is 1. The number of Topliss-reactive ketones (excluding diaryl/α,β-unsaturated/α-hetero) is 1. The molecule has 1 aromatic carbocycles. The molecule has 3 rings (SSSR count). The summed E-state index contributed by atoms with van der Waals surface area (Å²) < 4.78 is 0.559. The summed E-state index contributed by atoms with van der Waals surface area (Å²) in [6.45, 7) is 0. The highest BCUT2D eigenvalue weighted by molar-refractivity contribution is 7.18. The van der Waals surface area contributed by atoms with E-state index in [1.54, 1.807) is 12.1 Å². The average molecular weight is 350 g/mol. The lowest BCUT2D eigenvalue weighted by molar-refractivity contribution is -0.122. The van der Waals surface area contributed by atoms with Crippen LogP contribution in [0.1, 0.15) is 39.7 Å².